The lowest BCUT2D eigenvalue weighted by Crippen LogP contribution is -2.36. The molecular formula is C9H10N2O3S. The number of amides is 1. The van der Waals surface area contributed by atoms with Gasteiger partial charge in [-0.25, -0.2) is 4.98 Å². The first-order valence-electron chi connectivity index (χ1n) is 4.55. The van der Waals surface area contributed by atoms with E-state index in [-0.39, 0.29) is 0 Å². The maximum absolute atomic E-state index is 11.5. The van der Waals surface area contributed by atoms with Crippen molar-refractivity contribution in [2.24, 2.45) is 5.41 Å². The number of aliphatic carboxylic acids is 1. The molecule has 2 rings (SSSR count). The van der Waals surface area contributed by atoms with Crippen LogP contribution in [0.25, 0.3) is 0 Å². The summed E-state index contributed by atoms with van der Waals surface area (Å²) in [4.78, 5) is 26.4. The van der Waals surface area contributed by atoms with E-state index in [0.717, 1.165) is 5.01 Å². The number of carboxylic acid groups (broad SMARTS) is 1. The number of aromatic nitrogens is 1. The van der Waals surface area contributed by atoms with Crippen molar-refractivity contribution in [2.75, 3.05) is 0 Å². The SMILES string of the molecule is O=C(O)C1(C(=O)NCc2nccs2)CC1. The lowest BCUT2D eigenvalue weighted by atomic mass is 10.1. The zero-order valence-corrected chi connectivity index (χ0v) is 8.71. The molecule has 1 saturated carbocycles. The molecule has 5 nitrogen and oxygen atoms in total. The molecule has 1 heterocycles. The molecule has 2 N–H and O–H groups in total. The Morgan fingerprint density at radius 1 is 1.60 bits per heavy atom. The van der Waals surface area contributed by atoms with Crippen molar-refractivity contribution < 1.29 is 14.7 Å². The third-order valence-electron chi connectivity index (χ3n) is 2.48. The van der Waals surface area contributed by atoms with E-state index in [1.165, 1.54) is 11.3 Å². The van der Waals surface area contributed by atoms with Crippen LogP contribution >= 0.6 is 11.3 Å². The van der Waals surface area contributed by atoms with Crippen molar-refractivity contribution in [3.8, 4) is 0 Å². The number of nitrogens with zero attached hydrogens (tertiary/aromatic N) is 1. The largest absolute Gasteiger partial charge is 0.480 e. The summed E-state index contributed by atoms with van der Waals surface area (Å²) in [6, 6.07) is 0. The van der Waals surface area contributed by atoms with Gasteiger partial charge in [0.25, 0.3) is 0 Å². The minimum atomic E-state index is -1.16. The van der Waals surface area contributed by atoms with Gasteiger partial charge in [0.2, 0.25) is 5.91 Å². The fourth-order valence-electron chi connectivity index (χ4n) is 1.33. The molecule has 0 spiro atoms. The fourth-order valence-corrected chi connectivity index (χ4v) is 1.88. The van der Waals surface area contributed by atoms with Crippen LogP contribution in [0.5, 0.6) is 0 Å². The lowest BCUT2D eigenvalue weighted by molar-refractivity contribution is -0.149. The molecular weight excluding hydrogens is 216 g/mol. The Bertz CT molecular complexity index is 384. The van der Waals surface area contributed by atoms with E-state index in [2.05, 4.69) is 10.3 Å². The van der Waals surface area contributed by atoms with Crippen molar-refractivity contribution in [3.63, 3.8) is 0 Å². The summed E-state index contributed by atoms with van der Waals surface area (Å²) in [5, 5.41) is 14.0. The Labute approximate surface area is 90.1 Å². The number of carbonyl (C=O) groups is 2. The van der Waals surface area contributed by atoms with Gasteiger partial charge in [0.15, 0.2) is 0 Å². The molecule has 1 aliphatic carbocycles. The van der Waals surface area contributed by atoms with Crippen LogP contribution in [0.1, 0.15) is 17.8 Å². The number of hydrogen-bond donors (Lipinski definition) is 2. The van der Waals surface area contributed by atoms with Crippen LogP contribution < -0.4 is 5.32 Å². The van der Waals surface area contributed by atoms with Crippen LogP contribution in [0, 0.1) is 5.41 Å². The van der Waals surface area contributed by atoms with Crippen LogP contribution in [0.4, 0.5) is 0 Å². The van der Waals surface area contributed by atoms with Crippen molar-refractivity contribution in [2.45, 2.75) is 19.4 Å². The first-order chi connectivity index (χ1) is 7.15. The molecule has 0 radical (unpaired) electrons. The summed E-state index contributed by atoms with van der Waals surface area (Å²) < 4.78 is 0. The van der Waals surface area contributed by atoms with Gasteiger partial charge in [-0.05, 0) is 12.8 Å². The number of nitrogens with one attached hydrogen (secondary N) is 1. The summed E-state index contributed by atoms with van der Waals surface area (Å²) in [6.45, 7) is 0.311. The first-order valence-corrected chi connectivity index (χ1v) is 5.43. The van der Waals surface area contributed by atoms with E-state index in [1.807, 2.05) is 5.38 Å². The topological polar surface area (TPSA) is 79.3 Å². The van der Waals surface area contributed by atoms with E-state index in [4.69, 9.17) is 5.11 Å². The summed E-state index contributed by atoms with van der Waals surface area (Å²) in [6.07, 6.45) is 2.52. The highest BCUT2D eigenvalue weighted by atomic mass is 32.1. The predicted octanol–water partition coefficient (Wildman–Crippen LogP) is 0.624. The van der Waals surface area contributed by atoms with Crippen molar-refractivity contribution in [1.82, 2.24) is 10.3 Å². The van der Waals surface area contributed by atoms with Crippen molar-refractivity contribution >= 4 is 23.2 Å². The summed E-state index contributed by atoms with van der Waals surface area (Å²) >= 11 is 1.43. The minimum Gasteiger partial charge on any atom is -0.480 e. The molecule has 0 unspecified atom stereocenters. The Morgan fingerprint density at radius 2 is 2.33 bits per heavy atom. The summed E-state index contributed by atoms with van der Waals surface area (Å²) in [7, 11) is 0. The molecule has 80 valence electrons. The quantitative estimate of drug-likeness (QED) is 0.738. The highest BCUT2D eigenvalue weighted by Crippen LogP contribution is 2.46. The molecule has 6 heteroatoms. The van der Waals surface area contributed by atoms with Gasteiger partial charge in [0, 0.05) is 11.6 Å². The van der Waals surface area contributed by atoms with Crippen molar-refractivity contribution in [3.05, 3.63) is 16.6 Å². The maximum atomic E-state index is 11.5. The van der Waals surface area contributed by atoms with Crippen LogP contribution in [0.3, 0.4) is 0 Å². The first kappa shape index (κ1) is 10.1. The third-order valence-corrected chi connectivity index (χ3v) is 3.26. The number of rotatable bonds is 4. The molecule has 15 heavy (non-hydrogen) atoms. The molecule has 0 saturated heterocycles. The highest BCUT2D eigenvalue weighted by Gasteiger charge is 2.56. The predicted molar refractivity (Wildman–Crippen MR) is 53.3 cm³/mol. The Morgan fingerprint density at radius 3 is 2.80 bits per heavy atom. The van der Waals surface area contributed by atoms with E-state index in [1.54, 1.807) is 6.20 Å². The summed E-state index contributed by atoms with van der Waals surface area (Å²) in [5.41, 5.74) is -1.16. The number of carbonyl (C=O) groups excluding carboxylic acids is 1. The van der Waals surface area contributed by atoms with Crippen molar-refractivity contribution in [1.29, 1.82) is 0 Å². The van der Waals surface area contributed by atoms with Gasteiger partial charge in [-0.2, -0.15) is 0 Å². The molecule has 1 aromatic heterocycles. The van der Waals surface area contributed by atoms with Gasteiger partial charge in [0.1, 0.15) is 10.4 Å². The smallest absolute Gasteiger partial charge is 0.319 e. The molecule has 0 atom stereocenters. The maximum Gasteiger partial charge on any atom is 0.319 e. The molecule has 1 aliphatic rings. The number of hydrogen-bond acceptors (Lipinski definition) is 4. The standard InChI is InChI=1S/C9H10N2O3S/c12-7(9(1-2-9)8(13)14)11-5-6-10-3-4-15-6/h3-4H,1-2,5H2,(H,11,12)(H,13,14). The third kappa shape index (κ3) is 1.85. The molecule has 1 fully saturated rings. The Balaban J connectivity index is 1.91. The van der Waals surface area contributed by atoms with E-state index in [9.17, 15) is 9.59 Å². The van der Waals surface area contributed by atoms with Gasteiger partial charge in [-0.3, -0.25) is 9.59 Å². The monoisotopic (exact) mass is 226 g/mol. The number of carboxylic acids is 1. The normalized spacial score (nSPS) is 17.1. The molecule has 0 aromatic carbocycles. The second kappa shape index (κ2) is 3.62. The highest BCUT2D eigenvalue weighted by molar-refractivity contribution is 7.09. The molecule has 0 bridgehead atoms. The average Bonchev–Trinajstić information content (AvgIpc) is 2.87. The van der Waals surface area contributed by atoms with Gasteiger partial charge in [-0.1, -0.05) is 0 Å². The van der Waals surface area contributed by atoms with Gasteiger partial charge in [0.05, 0.1) is 6.54 Å². The summed E-state index contributed by atoms with van der Waals surface area (Å²) in [5.74, 6) is -1.43. The lowest BCUT2D eigenvalue weighted by Gasteiger charge is -2.09. The number of thiazole rings is 1. The van der Waals surface area contributed by atoms with Crippen LogP contribution in [-0.4, -0.2) is 22.0 Å². The van der Waals surface area contributed by atoms with E-state index in [0.29, 0.717) is 19.4 Å². The van der Waals surface area contributed by atoms with Gasteiger partial charge in [-0.15, -0.1) is 11.3 Å². The minimum absolute atomic E-state index is 0.311. The Kier molecular flexibility index (Phi) is 2.44. The molecule has 1 amide bonds. The second-order valence-electron chi connectivity index (χ2n) is 3.50. The zero-order valence-electron chi connectivity index (χ0n) is 7.90. The molecule has 1 aromatic rings. The van der Waals surface area contributed by atoms with Crippen LogP contribution in [0.2, 0.25) is 0 Å². The van der Waals surface area contributed by atoms with E-state index < -0.39 is 17.3 Å². The average molecular weight is 226 g/mol. The van der Waals surface area contributed by atoms with Gasteiger partial charge >= 0.3 is 5.97 Å². The van der Waals surface area contributed by atoms with Crippen LogP contribution in [0.15, 0.2) is 11.6 Å². The zero-order chi connectivity index (χ0) is 10.9. The van der Waals surface area contributed by atoms with E-state index >= 15 is 0 Å². The van der Waals surface area contributed by atoms with Gasteiger partial charge < -0.3 is 10.4 Å². The second-order valence-corrected chi connectivity index (χ2v) is 4.47. The fraction of sp³-hybridized carbons (Fsp3) is 0.444. The molecule has 0 aliphatic heterocycles. The van der Waals surface area contributed by atoms with Crippen LogP contribution in [-0.2, 0) is 16.1 Å². The Hall–Kier alpha value is -1.43.